The summed E-state index contributed by atoms with van der Waals surface area (Å²) in [7, 11) is 1.89. The molecule has 4 nitrogen and oxygen atoms in total. The summed E-state index contributed by atoms with van der Waals surface area (Å²) in [4.78, 5) is 13.5. The van der Waals surface area contributed by atoms with Crippen LogP contribution in [0.5, 0.6) is 0 Å². The Hall–Kier alpha value is -1.68. The first-order valence-corrected chi connectivity index (χ1v) is 6.86. The molecule has 2 aromatic heterocycles. The molecule has 0 aliphatic heterocycles. The number of rotatable bonds is 2. The van der Waals surface area contributed by atoms with Gasteiger partial charge in [-0.15, -0.1) is 0 Å². The molecule has 0 unspecified atom stereocenters. The summed E-state index contributed by atoms with van der Waals surface area (Å²) in [5.41, 5.74) is 3.01. The lowest BCUT2D eigenvalue weighted by Crippen LogP contribution is -2.12. The molecule has 2 heterocycles. The third-order valence-electron chi connectivity index (χ3n) is 3.39. The minimum absolute atomic E-state index is 0.584. The fourth-order valence-electron chi connectivity index (χ4n) is 2.46. The molecule has 2 aromatic rings. The van der Waals surface area contributed by atoms with Crippen LogP contribution in [0.1, 0.15) is 24.1 Å². The van der Waals surface area contributed by atoms with Crippen LogP contribution in [0.25, 0.3) is 11.5 Å². The molecule has 0 bridgehead atoms. The third kappa shape index (κ3) is 2.28. The zero-order chi connectivity index (χ0) is 13.2. The van der Waals surface area contributed by atoms with Crippen LogP contribution in [0.3, 0.4) is 0 Å². The lowest BCUT2D eigenvalue weighted by Gasteiger charge is -2.18. The molecule has 0 saturated carbocycles. The van der Waals surface area contributed by atoms with Crippen LogP contribution in [0.2, 0.25) is 5.02 Å². The number of hydrogen-bond acceptors (Lipinski definition) is 4. The largest absolute Gasteiger partial charge is 0.373 e. The van der Waals surface area contributed by atoms with Crippen molar-refractivity contribution in [2.45, 2.75) is 25.7 Å². The Balaban J connectivity index is 2.15. The van der Waals surface area contributed by atoms with E-state index in [0.717, 1.165) is 24.4 Å². The molecule has 0 spiro atoms. The van der Waals surface area contributed by atoms with Crippen LogP contribution in [0.4, 0.5) is 5.82 Å². The minimum Gasteiger partial charge on any atom is -0.373 e. The van der Waals surface area contributed by atoms with Gasteiger partial charge in [-0.3, -0.25) is 4.98 Å². The molecule has 19 heavy (non-hydrogen) atoms. The molecule has 0 aromatic carbocycles. The smallest absolute Gasteiger partial charge is 0.181 e. The minimum atomic E-state index is 0.584. The van der Waals surface area contributed by atoms with E-state index in [9.17, 15) is 0 Å². The number of aryl methyl sites for hydroxylation is 1. The Morgan fingerprint density at radius 1 is 1.21 bits per heavy atom. The number of nitrogens with one attached hydrogen (secondary N) is 1. The van der Waals surface area contributed by atoms with Crippen LogP contribution < -0.4 is 5.32 Å². The second-order valence-electron chi connectivity index (χ2n) is 4.61. The van der Waals surface area contributed by atoms with Gasteiger partial charge >= 0.3 is 0 Å². The van der Waals surface area contributed by atoms with Gasteiger partial charge in [-0.2, -0.15) is 0 Å². The van der Waals surface area contributed by atoms with Gasteiger partial charge in [0.15, 0.2) is 5.82 Å². The lowest BCUT2D eigenvalue weighted by atomic mass is 9.96. The van der Waals surface area contributed by atoms with E-state index in [1.807, 2.05) is 19.2 Å². The van der Waals surface area contributed by atoms with Gasteiger partial charge in [0.2, 0.25) is 0 Å². The molecule has 1 aliphatic rings. The van der Waals surface area contributed by atoms with E-state index in [1.165, 1.54) is 18.4 Å². The van der Waals surface area contributed by atoms with Crippen molar-refractivity contribution >= 4 is 17.4 Å². The Kier molecular flexibility index (Phi) is 3.34. The van der Waals surface area contributed by atoms with Crippen LogP contribution in [-0.2, 0) is 12.8 Å². The number of anilines is 1. The number of aromatic nitrogens is 3. The fourth-order valence-corrected chi connectivity index (χ4v) is 2.66. The van der Waals surface area contributed by atoms with E-state index in [4.69, 9.17) is 11.6 Å². The number of halogens is 1. The van der Waals surface area contributed by atoms with Gasteiger partial charge in [0, 0.05) is 24.5 Å². The molecule has 0 amide bonds. The second-order valence-corrected chi connectivity index (χ2v) is 5.02. The number of hydrogen-bond donors (Lipinski definition) is 1. The third-order valence-corrected chi connectivity index (χ3v) is 3.70. The summed E-state index contributed by atoms with van der Waals surface area (Å²) in [6, 6.07) is 3.62. The van der Waals surface area contributed by atoms with Crippen molar-refractivity contribution in [1.29, 1.82) is 0 Å². The highest BCUT2D eigenvalue weighted by atomic mass is 35.5. The van der Waals surface area contributed by atoms with E-state index in [1.54, 1.807) is 6.20 Å². The van der Waals surface area contributed by atoms with Gasteiger partial charge in [0.25, 0.3) is 0 Å². The monoisotopic (exact) mass is 274 g/mol. The predicted molar refractivity (Wildman–Crippen MR) is 76.5 cm³/mol. The first kappa shape index (κ1) is 12.4. The van der Waals surface area contributed by atoms with Crippen molar-refractivity contribution in [3.63, 3.8) is 0 Å². The Bertz CT molecular complexity index is 595. The highest BCUT2D eigenvalue weighted by Gasteiger charge is 2.19. The highest BCUT2D eigenvalue weighted by Crippen LogP contribution is 2.29. The molecule has 5 heteroatoms. The molecule has 98 valence electrons. The highest BCUT2D eigenvalue weighted by molar-refractivity contribution is 6.32. The van der Waals surface area contributed by atoms with Crippen LogP contribution in [-0.4, -0.2) is 22.0 Å². The predicted octanol–water partition coefficient (Wildman–Crippen LogP) is 3.11. The molecule has 0 radical (unpaired) electrons. The Morgan fingerprint density at radius 3 is 2.84 bits per heavy atom. The standard InChI is InChI=1S/C14H15ClN4/c1-16-13-9-5-2-3-7-11(9)18-14(19-13)12-10(15)6-4-8-17-12/h4,6,8H,2-3,5,7H2,1H3,(H,16,18,19). The normalized spacial score (nSPS) is 14.0. The first-order valence-electron chi connectivity index (χ1n) is 6.48. The molecular weight excluding hydrogens is 260 g/mol. The summed E-state index contributed by atoms with van der Waals surface area (Å²) in [6.07, 6.45) is 6.14. The summed E-state index contributed by atoms with van der Waals surface area (Å²) in [5, 5.41) is 3.75. The quantitative estimate of drug-likeness (QED) is 0.914. The molecule has 1 N–H and O–H groups in total. The number of nitrogens with zero attached hydrogens (tertiary/aromatic N) is 3. The molecule has 3 rings (SSSR count). The van der Waals surface area contributed by atoms with Gasteiger partial charge in [-0.05, 0) is 37.8 Å². The summed E-state index contributed by atoms with van der Waals surface area (Å²) < 4.78 is 0. The fraction of sp³-hybridized carbons (Fsp3) is 0.357. The topological polar surface area (TPSA) is 50.7 Å². The van der Waals surface area contributed by atoms with Crippen molar-refractivity contribution in [2.75, 3.05) is 12.4 Å². The Labute approximate surface area is 117 Å². The maximum Gasteiger partial charge on any atom is 0.181 e. The van der Waals surface area contributed by atoms with E-state index in [0.29, 0.717) is 16.5 Å². The van der Waals surface area contributed by atoms with Crippen molar-refractivity contribution < 1.29 is 0 Å². The average molecular weight is 275 g/mol. The second kappa shape index (κ2) is 5.13. The van der Waals surface area contributed by atoms with Gasteiger partial charge in [-0.25, -0.2) is 9.97 Å². The van der Waals surface area contributed by atoms with Crippen LogP contribution >= 0.6 is 11.6 Å². The number of fused-ring (bicyclic) bond motifs is 1. The summed E-state index contributed by atoms with van der Waals surface area (Å²) in [6.45, 7) is 0. The summed E-state index contributed by atoms with van der Waals surface area (Å²) in [5.74, 6) is 1.51. The zero-order valence-corrected chi connectivity index (χ0v) is 11.5. The molecule has 1 aliphatic carbocycles. The van der Waals surface area contributed by atoms with E-state index >= 15 is 0 Å². The van der Waals surface area contributed by atoms with Crippen molar-refractivity contribution in [2.24, 2.45) is 0 Å². The van der Waals surface area contributed by atoms with Gasteiger partial charge < -0.3 is 5.32 Å². The van der Waals surface area contributed by atoms with Gasteiger partial charge in [-0.1, -0.05) is 11.6 Å². The number of pyridine rings is 1. The van der Waals surface area contributed by atoms with E-state index < -0.39 is 0 Å². The van der Waals surface area contributed by atoms with Crippen LogP contribution in [0.15, 0.2) is 18.3 Å². The lowest BCUT2D eigenvalue weighted by molar-refractivity contribution is 0.665. The Morgan fingerprint density at radius 2 is 2.05 bits per heavy atom. The molecule has 0 atom stereocenters. The van der Waals surface area contributed by atoms with Crippen LogP contribution in [0, 0.1) is 0 Å². The average Bonchev–Trinajstić information content (AvgIpc) is 2.46. The molecule has 0 saturated heterocycles. The maximum atomic E-state index is 6.17. The van der Waals surface area contributed by atoms with Crippen molar-refractivity contribution in [3.05, 3.63) is 34.6 Å². The van der Waals surface area contributed by atoms with Gasteiger partial charge in [0.05, 0.1) is 5.02 Å². The molecular formula is C14H15ClN4. The van der Waals surface area contributed by atoms with Crippen molar-refractivity contribution in [3.8, 4) is 11.5 Å². The molecule has 0 fully saturated rings. The van der Waals surface area contributed by atoms with Crippen molar-refractivity contribution in [1.82, 2.24) is 15.0 Å². The van der Waals surface area contributed by atoms with E-state index in [2.05, 4.69) is 20.3 Å². The summed E-state index contributed by atoms with van der Waals surface area (Å²) >= 11 is 6.17. The SMILES string of the molecule is CNc1nc(-c2ncccc2Cl)nc2c1CCCC2. The van der Waals surface area contributed by atoms with E-state index in [-0.39, 0.29) is 0 Å². The first-order chi connectivity index (χ1) is 9.29. The zero-order valence-electron chi connectivity index (χ0n) is 10.8. The van der Waals surface area contributed by atoms with Gasteiger partial charge in [0.1, 0.15) is 11.5 Å². The maximum absolute atomic E-state index is 6.17.